The van der Waals surface area contributed by atoms with E-state index in [4.69, 9.17) is 14.2 Å². The maximum Gasteiger partial charge on any atom is 0.343 e. The molecule has 0 aromatic heterocycles. The van der Waals surface area contributed by atoms with Crippen LogP contribution in [-0.2, 0) is 14.3 Å². The van der Waals surface area contributed by atoms with Crippen molar-refractivity contribution in [1.82, 2.24) is 0 Å². The smallest absolute Gasteiger partial charge is 0.343 e. The predicted octanol–water partition coefficient (Wildman–Crippen LogP) is 7.23. The number of Topliss-reactive ketones (excluding diaryl/α,β-unsaturated/α-hetero) is 1. The minimum Gasteiger partial charge on any atom is -0.494 e. The molecule has 6 nitrogen and oxygen atoms in total. The van der Waals surface area contributed by atoms with Crippen molar-refractivity contribution >= 4 is 23.8 Å². The van der Waals surface area contributed by atoms with Gasteiger partial charge in [-0.3, -0.25) is 4.79 Å². The van der Waals surface area contributed by atoms with Crippen LogP contribution in [0.5, 0.6) is 11.5 Å². The number of ether oxygens (including phenoxy) is 3. The average molecular weight is 533 g/mol. The maximum atomic E-state index is 13.0. The monoisotopic (exact) mass is 532 g/mol. The molecule has 0 amide bonds. The molecule has 0 saturated heterocycles. The lowest BCUT2D eigenvalue weighted by Gasteiger charge is -2.30. The SMILES string of the molecule is C=CC(=O)OCCCCCCOc1ccc(C(=O)Oc2ccc(/C=C3\C(=O)[C@@H](C(C)C)CC[C@@H]3C)cc2)cc1. The Bertz CT molecular complexity index is 1140. The van der Waals surface area contributed by atoms with Gasteiger partial charge in [-0.2, -0.15) is 0 Å². The normalized spacial score (nSPS) is 18.2. The molecule has 0 unspecified atom stereocenters. The van der Waals surface area contributed by atoms with Crippen LogP contribution in [0.4, 0.5) is 0 Å². The first-order chi connectivity index (χ1) is 18.8. The van der Waals surface area contributed by atoms with E-state index >= 15 is 0 Å². The molecule has 2 aromatic rings. The average Bonchev–Trinajstić information content (AvgIpc) is 2.93. The highest BCUT2D eigenvalue weighted by atomic mass is 16.5. The molecule has 1 saturated carbocycles. The number of carbonyl (C=O) groups excluding carboxylic acids is 3. The summed E-state index contributed by atoms with van der Waals surface area (Å²) >= 11 is 0. The number of rotatable bonds is 13. The topological polar surface area (TPSA) is 78.9 Å². The van der Waals surface area contributed by atoms with Crippen LogP contribution in [0, 0.1) is 17.8 Å². The minimum atomic E-state index is -0.444. The van der Waals surface area contributed by atoms with Crippen LogP contribution in [0.3, 0.4) is 0 Å². The van der Waals surface area contributed by atoms with Crippen LogP contribution in [0.2, 0.25) is 0 Å². The van der Waals surface area contributed by atoms with Crippen molar-refractivity contribution in [3.63, 3.8) is 0 Å². The highest BCUT2D eigenvalue weighted by molar-refractivity contribution is 6.02. The molecule has 1 aliphatic rings. The number of unbranched alkanes of at least 4 members (excludes halogenated alkanes) is 3. The Morgan fingerprint density at radius 2 is 1.56 bits per heavy atom. The third-order valence-electron chi connectivity index (χ3n) is 7.09. The predicted molar refractivity (Wildman–Crippen MR) is 153 cm³/mol. The zero-order chi connectivity index (χ0) is 28.2. The van der Waals surface area contributed by atoms with Crippen LogP contribution >= 0.6 is 0 Å². The molecule has 0 N–H and O–H groups in total. The second kappa shape index (κ2) is 15.1. The summed E-state index contributed by atoms with van der Waals surface area (Å²) in [6, 6.07) is 14.1. The summed E-state index contributed by atoms with van der Waals surface area (Å²) < 4.78 is 16.2. The highest BCUT2D eigenvalue weighted by Gasteiger charge is 2.32. The van der Waals surface area contributed by atoms with E-state index in [1.807, 2.05) is 18.2 Å². The van der Waals surface area contributed by atoms with E-state index in [9.17, 15) is 14.4 Å². The molecule has 0 bridgehead atoms. The summed E-state index contributed by atoms with van der Waals surface area (Å²) in [5, 5.41) is 0. The second-order valence-electron chi connectivity index (χ2n) is 10.4. The molecule has 2 aromatic carbocycles. The van der Waals surface area contributed by atoms with Gasteiger partial charge in [0.2, 0.25) is 0 Å². The largest absolute Gasteiger partial charge is 0.494 e. The molecular formula is C33H40O6. The van der Waals surface area contributed by atoms with Crippen molar-refractivity contribution in [2.75, 3.05) is 13.2 Å². The number of hydrogen-bond donors (Lipinski definition) is 0. The van der Waals surface area contributed by atoms with E-state index in [1.165, 1.54) is 6.08 Å². The Kier molecular flexibility index (Phi) is 11.5. The highest BCUT2D eigenvalue weighted by Crippen LogP contribution is 2.35. The molecule has 6 heteroatoms. The fourth-order valence-corrected chi connectivity index (χ4v) is 4.67. The lowest BCUT2D eigenvalue weighted by molar-refractivity contribution is -0.137. The summed E-state index contributed by atoms with van der Waals surface area (Å²) in [7, 11) is 0. The van der Waals surface area contributed by atoms with Gasteiger partial charge in [0.25, 0.3) is 0 Å². The molecule has 0 spiro atoms. The van der Waals surface area contributed by atoms with E-state index in [2.05, 4.69) is 27.4 Å². The van der Waals surface area contributed by atoms with Gasteiger partial charge in [0.15, 0.2) is 5.78 Å². The van der Waals surface area contributed by atoms with Gasteiger partial charge in [-0.25, -0.2) is 9.59 Å². The van der Waals surface area contributed by atoms with Crippen LogP contribution < -0.4 is 9.47 Å². The van der Waals surface area contributed by atoms with Gasteiger partial charge in [0, 0.05) is 12.0 Å². The number of benzene rings is 2. The Hall–Kier alpha value is -3.67. The molecule has 208 valence electrons. The van der Waals surface area contributed by atoms with Gasteiger partial charge in [-0.1, -0.05) is 39.5 Å². The third-order valence-corrected chi connectivity index (χ3v) is 7.09. The molecule has 0 radical (unpaired) electrons. The van der Waals surface area contributed by atoms with Crippen molar-refractivity contribution in [3.05, 3.63) is 77.9 Å². The summed E-state index contributed by atoms with van der Waals surface area (Å²) in [5.41, 5.74) is 2.24. The van der Waals surface area contributed by atoms with Gasteiger partial charge >= 0.3 is 11.9 Å². The van der Waals surface area contributed by atoms with E-state index in [1.54, 1.807) is 36.4 Å². The summed E-state index contributed by atoms with van der Waals surface area (Å²) in [4.78, 5) is 36.5. The molecule has 1 fully saturated rings. The van der Waals surface area contributed by atoms with Crippen LogP contribution in [0.15, 0.2) is 66.8 Å². The van der Waals surface area contributed by atoms with E-state index in [0.717, 1.165) is 49.7 Å². The first-order valence-electron chi connectivity index (χ1n) is 13.9. The Morgan fingerprint density at radius 3 is 2.21 bits per heavy atom. The molecule has 39 heavy (non-hydrogen) atoms. The van der Waals surface area contributed by atoms with Gasteiger partial charge in [-0.15, -0.1) is 0 Å². The van der Waals surface area contributed by atoms with E-state index in [-0.39, 0.29) is 23.6 Å². The zero-order valence-electron chi connectivity index (χ0n) is 23.3. The first-order valence-corrected chi connectivity index (χ1v) is 13.9. The summed E-state index contributed by atoms with van der Waals surface area (Å²) in [6.07, 6.45) is 8.75. The van der Waals surface area contributed by atoms with Crippen molar-refractivity contribution in [3.8, 4) is 11.5 Å². The van der Waals surface area contributed by atoms with Gasteiger partial charge in [0.05, 0.1) is 18.8 Å². The first kappa shape index (κ1) is 29.9. The van der Waals surface area contributed by atoms with Gasteiger partial charge in [0.1, 0.15) is 11.5 Å². The number of esters is 2. The number of allylic oxidation sites excluding steroid dienone is 1. The van der Waals surface area contributed by atoms with Crippen molar-refractivity contribution in [2.24, 2.45) is 17.8 Å². The van der Waals surface area contributed by atoms with Crippen molar-refractivity contribution < 1.29 is 28.6 Å². The van der Waals surface area contributed by atoms with Gasteiger partial charge in [-0.05, 0) is 104 Å². The molecule has 2 atom stereocenters. The fraction of sp³-hybridized carbons (Fsp3) is 0.424. The van der Waals surface area contributed by atoms with Crippen molar-refractivity contribution in [1.29, 1.82) is 0 Å². The van der Waals surface area contributed by atoms with E-state index in [0.29, 0.717) is 36.2 Å². The number of hydrogen-bond acceptors (Lipinski definition) is 6. The third kappa shape index (κ3) is 9.24. The van der Waals surface area contributed by atoms with Gasteiger partial charge < -0.3 is 14.2 Å². The van der Waals surface area contributed by atoms with Crippen LogP contribution in [0.1, 0.15) is 75.2 Å². The fourth-order valence-electron chi connectivity index (χ4n) is 4.67. The summed E-state index contributed by atoms with van der Waals surface area (Å²) in [6.45, 7) is 10.7. The molecular weight excluding hydrogens is 492 g/mol. The molecule has 0 aliphatic heterocycles. The lowest BCUT2D eigenvalue weighted by Crippen LogP contribution is -2.30. The maximum absolute atomic E-state index is 13.0. The van der Waals surface area contributed by atoms with Crippen molar-refractivity contribution in [2.45, 2.75) is 59.3 Å². The summed E-state index contributed by atoms with van der Waals surface area (Å²) in [5.74, 6) is 1.25. The van der Waals surface area contributed by atoms with Crippen LogP contribution in [-0.4, -0.2) is 30.9 Å². The number of ketones is 1. The minimum absolute atomic E-state index is 0.0940. The Balaban J connectivity index is 1.44. The standard InChI is InChI=1S/C33H40O6/c1-5-31(34)38-21-9-7-6-8-20-37-27-17-13-26(14-18-27)33(36)39-28-15-11-25(12-16-28)22-30-24(4)10-19-29(23(2)3)32(30)35/h5,11-18,22-24,29H,1,6-10,19-21H2,2-4H3/b30-22-/t24-,29+/m0/s1. The molecule has 3 rings (SSSR count). The number of carbonyl (C=O) groups is 3. The molecule has 1 aliphatic carbocycles. The van der Waals surface area contributed by atoms with E-state index < -0.39 is 5.97 Å². The Morgan fingerprint density at radius 1 is 0.923 bits per heavy atom. The zero-order valence-corrected chi connectivity index (χ0v) is 23.3. The second-order valence-corrected chi connectivity index (χ2v) is 10.4. The molecule has 0 heterocycles. The Labute approximate surface area is 232 Å². The van der Waals surface area contributed by atoms with Crippen LogP contribution in [0.25, 0.3) is 6.08 Å². The lowest BCUT2D eigenvalue weighted by atomic mass is 9.73. The quantitative estimate of drug-likeness (QED) is 0.117.